The van der Waals surface area contributed by atoms with E-state index >= 15 is 4.79 Å². The zero-order valence-electron chi connectivity index (χ0n) is 33.8. The summed E-state index contributed by atoms with van der Waals surface area (Å²) in [7, 11) is -3.07. The average Bonchev–Trinajstić information content (AvgIpc) is 3.77. The molecular weight excluding hydrogens is 782 g/mol. The van der Waals surface area contributed by atoms with E-state index in [1.165, 1.54) is 0 Å². The predicted octanol–water partition coefficient (Wildman–Crippen LogP) is 5.95. The Morgan fingerprint density at radius 3 is 2.36 bits per heavy atom. The van der Waals surface area contributed by atoms with Gasteiger partial charge in [-0.25, -0.2) is 0 Å². The summed E-state index contributed by atoms with van der Waals surface area (Å²) in [4.78, 5) is 63.5. The Balaban J connectivity index is 1.02. The number of benzene rings is 4. The number of para-hydroxylation sites is 1. The number of halogens is 1. The molecule has 5 aliphatic heterocycles. The summed E-state index contributed by atoms with van der Waals surface area (Å²) < 4.78 is 7.01. The van der Waals surface area contributed by atoms with Gasteiger partial charge in [0.05, 0.1) is 44.1 Å². The van der Waals surface area contributed by atoms with Crippen molar-refractivity contribution in [3.8, 4) is 0 Å². The largest absolute Gasteiger partial charge is 0.432 e. The average molecular weight is 834 g/mol. The van der Waals surface area contributed by atoms with E-state index in [9.17, 15) is 19.5 Å². The molecule has 0 aliphatic carbocycles. The lowest BCUT2D eigenvalue weighted by Gasteiger charge is -2.39. The topological polar surface area (TPSA) is 126 Å². The first-order chi connectivity index (χ1) is 28.4. The minimum absolute atomic E-state index is 0.0426. The van der Waals surface area contributed by atoms with Crippen molar-refractivity contribution in [2.45, 2.75) is 87.6 Å². The molecule has 0 saturated carbocycles. The number of nitrogens with one attached hydrogen (secondary N) is 1. The molecule has 0 radical (unpaired) electrons. The highest BCUT2D eigenvalue weighted by Gasteiger charge is 2.66. The summed E-state index contributed by atoms with van der Waals surface area (Å²) in [6, 6.07) is 30.9. The second-order valence-corrected chi connectivity index (χ2v) is 21.9. The fraction of sp³-hybridized carbons (Fsp3) is 0.413. The lowest BCUT2D eigenvalue weighted by Crippen LogP contribution is -2.55. The van der Waals surface area contributed by atoms with Crippen LogP contribution in [0.25, 0.3) is 0 Å². The van der Waals surface area contributed by atoms with Gasteiger partial charge in [-0.2, -0.15) is 0 Å². The van der Waals surface area contributed by atoms with Crippen LogP contribution in [0.5, 0.6) is 0 Å². The fourth-order valence-corrected chi connectivity index (χ4v) is 13.6. The number of ether oxygens (including phenoxy) is 1. The van der Waals surface area contributed by atoms with Crippen LogP contribution in [-0.2, 0) is 44.2 Å². The second-order valence-electron chi connectivity index (χ2n) is 17.5. The Hall–Kier alpha value is -4.56. The first-order valence-corrected chi connectivity index (χ1v) is 24.2. The van der Waals surface area contributed by atoms with E-state index in [0.29, 0.717) is 48.7 Å². The number of anilines is 3. The third kappa shape index (κ3) is 6.59. The molecule has 9 rings (SSSR count). The molecule has 13 heteroatoms. The molecule has 4 aromatic carbocycles. The van der Waals surface area contributed by atoms with Gasteiger partial charge in [-0.1, -0.05) is 73.1 Å². The lowest BCUT2D eigenvalue weighted by molar-refractivity contribution is -0.151. The Morgan fingerprint density at radius 1 is 0.915 bits per heavy atom. The number of fused-ring (bicyclic) bond motifs is 3. The molecule has 0 aromatic heterocycles. The minimum Gasteiger partial charge on any atom is -0.432 e. The molecule has 0 bridgehead atoms. The summed E-state index contributed by atoms with van der Waals surface area (Å²) in [5.41, 5.74) is 3.45. The number of aliphatic hydroxyl groups is 1. The summed E-state index contributed by atoms with van der Waals surface area (Å²) in [6.45, 7) is 7.97. The molecule has 5 atom stereocenters. The number of hydrogen-bond acceptors (Lipinski definition) is 8. The maximum Gasteiger partial charge on any atom is 0.264 e. The smallest absolute Gasteiger partial charge is 0.264 e. The van der Waals surface area contributed by atoms with Crippen molar-refractivity contribution in [1.29, 1.82) is 0 Å². The summed E-state index contributed by atoms with van der Waals surface area (Å²) >= 11 is 6.68. The minimum atomic E-state index is -3.07. The van der Waals surface area contributed by atoms with Gasteiger partial charge in [-0.15, -0.1) is 0 Å². The molecule has 0 unspecified atom stereocenters. The van der Waals surface area contributed by atoms with Gasteiger partial charge in [-0.3, -0.25) is 19.3 Å². The van der Waals surface area contributed by atoms with Crippen LogP contribution in [0.2, 0.25) is 23.7 Å². The lowest BCUT2D eigenvalue weighted by atomic mass is 9.82. The zero-order chi connectivity index (χ0) is 41.3. The van der Waals surface area contributed by atoms with Gasteiger partial charge in [0, 0.05) is 40.0 Å². The van der Waals surface area contributed by atoms with Crippen molar-refractivity contribution in [3.05, 3.63) is 124 Å². The van der Waals surface area contributed by atoms with Crippen LogP contribution in [0, 0.1) is 5.92 Å². The quantitative estimate of drug-likeness (QED) is 0.186. The van der Waals surface area contributed by atoms with Crippen LogP contribution in [0.15, 0.2) is 97.1 Å². The number of rotatable bonds is 8. The van der Waals surface area contributed by atoms with Crippen LogP contribution in [-0.4, -0.2) is 84.9 Å². The van der Waals surface area contributed by atoms with E-state index in [2.05, 4.69) is 22.3 Å². The van der Waals surface area contributed by atoms with Crippen molar-refractivity contribution in [1.82, 2.24) is 10.2 Å². The number of aliphatic hydroxyl groups excluding tert-OH is 1. The molecule has 2 spiro atoms. The predicted molar refractivity (Wildman–Crippen MR) is 231 cm³/mol. The first kappa shape index (κ1) is 39.9. The van der Waals surface area contributed by atoms with Crippen LogP contribution in [0.4, 0.5) is 17.1 Å². The van der Waals surface area contributed by atoms with Gasteiger partial charge in [0.1, 0.15) is 5.54 Å². The van der Waals surface area contributed by atoms with Crippen LogP contribution in [0.3, 0.4) is 0 Å². The number of carbonyl (C=O) groups excluding carboxylic acids is 3. The SMILES string of the molecule is C[C@@H]1[C@@H]([Si](C)(C)O)[C@H](CC(=O)N2Cc3ccccc3C[C@H]2CO)O[C@@]12C(=O)N(Cc1cccc(N3CN(c4ccccc4)C4(CCNCC4)C3=O)c1)c1ccc(Cl)cc12. The third-order valence-electron chi connectivity index (χ3n) is 13.7. The molecule has 5 heterocycles. The summed E-state index contributed by atoms with van der Waals surface area (Å²) in [5.74, 6) is -0.871. The van der Waals surface area contributed by atoms with Gasteiger partial charge >= 0.3 is 0 Å². The summed E-state index contributed by atoms with van der Waals surface area (Å²) in [5, 5.41) is 14.2. The van der Waals surface area contributed by atoms with E-state index in [1.807, 2.05) is 97.7 Å². The second kappa shape index (κ2) is 15.2. The molecule has 5 aliphatic rings. The number of amides is 3. The molecule has 3 amide bonds. The monoisotopic (exact) mass is 833 g/mol. The van der Waals surface area contributed by atoms with E-state index in [1.54, 1.807) is 21.9 Å². The summed E-state index contributed by atoms with van der Waals surface area (Å²) in [6.07, 6.45) is 1.15. The molecule has 3 fully saturated rings. The molecule has 308 valence electrons. The standard InChI is InChI=1S/C46H52ClN5O6Si/c1-30-42(59(2,3)57)40(25-41(54)49-27-33-12-8-7-11-32(33)23-37(49)28-53)58-46(30)38-24-34(47)16-17-39(38)50(44(46)56)26-31-10-9-15-36(22-31)51-29-52(35-13-5-4-6-14-35)45(43(51)55)18-20-48-21-19-45/h4-17,22,24,30,37,40,42,48,53,57H,18-21,23,25-29H2,1-3H3/t30-,37+,40+,42-,46+/m1/s1. The normalized spacial score (nSPS) is 26.3. The van der Waals surface area contributed by atoms with Crippen molar-refractivity contribution in [3.63, 3.8) is 0 Å². The van der Waals surface area contributed by atoms with Crippen molar-refractivity contribution < 1.29 is 29.0 Å². The molecule has 4 aromatic rings. The maximum absolute atomic E-state index is 15.2. The first-order valence-electron chi connectivity index (χ1n) is 20.8. The van der Waals surface area contributed by atoms with Gasteiger partial charge < -0.3 is 34.7 Å². The van der Waals surface area contributed by atoms with E-state index in [-0.39, 0.29) is 43.3 Å². The van der Waals surface area contributed by atoms with E-state index < -0.39 is 37.0 Å². The van der Waals surface area contributed by atoms with Gasteiger partial charge in [0.25, 0.3) is 11.8 Å². The zero-order valence-corrected chi connectivity index (χ0v) is 35.6. The molecule has 59 heavy (non-hydrogen) atoms. The van der Waals surface area contributed by atoms with Crippen LogP contribution >= 0.6 is 11.6 Å². The highest BCUT2D eigenvalue weighted by Crippen LogP contribution is 2.60. The highest BCUT2D eigenvalue weighted by molar-refractivity contribution is 6.71. The fourth-order valence-electron chi connectivity index (χ4n) is 10.9. The van der Waals surface area contributed by atoms with Crippen molar-refractivity contribution in [2.24, 2.45) is 5.92 Å². The van der Waals surface area contributed by atoms with Gasteiger partial charge in [0.15, 0.2) is 13.9 Å². The Bertz CT molecular complexity index is 2280. The maximum atomic E-state index is 15.2. The number of carbonyl (C=O) groups is 3. The van der Waals surface area contributed by atoms with Gasteiger partial charge in [0.2, 0.25) is 5.91 Å². The molecule has 3 saturated heterocycles. The van der Waals surface area contributed by atoms with E-state index in [0.717, 1.165) is 41.2 Å². The van der Waals surface area contributed by atoms with Crippen molar-refractivity contribution in [2.75, 3.05) is 41.1 Å². The van der Waals surface area contributed by atoms with Crippen LogP contribution in [0.1, 0.15) is 48.4 Å². The highest BCUT2D eigenvalue weighted by atomic mass is 35.5. The molecule has 11 nitrogen and oxygen atoms in total. The van der Waals surface area contributed by atoms with Gasteiger partial charge in [-0.05, 0) is 105 Å². The molecule has 3 N–H and O–H groups in total. The number of nitrogens with zero attached hydrogens (tertiary/aromatic N) is 4. The van der Waals surface area contributed by atoms with Crippen LogP contribution < -0.4 is 20.0 Å². The third-order valence-corrected chi connectivity index (χ3v) is 16.5. The molecular formula is C46H52ClN5O6Si. The van der Waals surface area contributed by atoms with Crippen molar-refractivity contribution >= 4 is 54.7 Å². The Morgan fingerprint density at radius 2 is 1.63 bits per heavy atom. The Kier molecular flexibility index (Phi) is 10.2. The number of piperidine rings is 1. The van der Waals surface area contributed by atoms with E-state index in [4.69, 9.17) is 16.3 Å². The Labute approximate surface area is 351 Å². The number of hydrogen-bond donors (Lipinski definition) is 3.